The van der Waals surface area contributed by atoms with Gasteiger partial charge in [-0.3, -0.25) is 4.98 Å². The maximum Gasteiger partial charge on any atom is 0.142 e. The van der Waals surface area contributed by atoms with Gasteiger partial charge in [0.2, 0.25) is 0 Å². The lowest BCUT2D eigenvalue weighted by Crippen LogP contribution is -1.93. The molecule has 3 rings (SSSR count). The molecule has 2 heterocycles. The summed E-state index contributed by atoms with van der Waals surface area (Å²) >= 11 is 0. The number of hydrogen-bond acceptors (Lipinski definition) is 3. The molecule has 0 aliphatic rings. The summed E-state index contributed by atoms with van der Waals surface area (Å²) in [4.78, 5) is 8.86. The minimum atomic E-state index is 0.223. The van der Waals surface area contributed by atoms with E-state index in [-0.39, 0.29) is 6.61 Å². The molecule has 0 aliphatic heterocycles. The third-order valence-electron chi connectivity index (χ3n) is 3.49. The standard InChI is InChI=1S/C16H17N3O/c1-19-15-7-6-12(4-3-9-20)10-14(15)18-16(19)13-5-2-8-17-11-13/h2,5-8,10-11,20H,3-4,9H2,1H3. The van der Waals surface area contributed by atoms with Crippen LogP contribution in [0.5, 0.6) is 0 Å². The zero-order valence-electron chi connectivity index (χ0n) is 11.5. The average Bonchev–Trinajstić information content (AvgIpc) is 2.83. The molecule has 1 aromatic carbocycles. The van der Waals surface area contributed by atoms with E-state index in [1.807, 2.05) is 25.4 Å². The number of hydrogen-bond donors (Lipinski definition) is 1. The van der Waals surface area contributed by atoms with Crippen LogP contribution in [0.25, 0.3) is 22.4 Å². The van der Waals surface area contributed by atoms with Gasteiger partial charge in [0.15, 0.2) is 0 Å². The van der Waals surface area contributed by atoms with E-state index in [0.717, 1.165) is 35.3 Å². The first-order chi connectivity index (χ1) is 9.79. The first-order valence-corrected chi connectivity index (χ1v) is 6.76. The molecule has 0 atom stereocenters. The lowest BCUT2D eigenvalue weighted by Gasteiger charge is -2.02. The monoisotopic (exact) mass is 267 g/mol. The number of aryl methyl sites for hydroxylation is 2. The Kier molecular flexibility index (Phi) is 3.48. The van der Waals surface area contributed by atoms with Gasteiger partial charge in [0.25, 0.3) is 0 Å². The number of imidazole rings is 1. The van der Waals surface area contributed by atoms with Crippen molar-refractivity contribution < 1.29 is 5.11 Å². The van der Waals surface area contributed by atoms with Crippen LogP contribution in [0.15, 0.2) is 42.7 Å². The van der Waals surface area contributed by atoms with Crippen molar-refractivity contribution in [3.05, 3.63) is 48.3 Å². The highest BCUT2D eigenvalue weighted by Gasteiger charge is 2.10. The number of rotatable bonds is 4. The Balaban J connectivity index is 2.05. The van der Waals surface area contributed by atoms with Crippen LogP contribution in [0.4, 0.5) is 0 Å². The molecule has 0 amide bonds. The van der Waals surface area contributed by atoms with Crippen LogP contribution in [0.2, 0.25) is 0 Å². The summed E-state index contributed by atoms with van der Waals surface area (Å²) in [5.41, 5.74) is 4.32. The van der Waals surface area contributed by atoms with Crippen molar-refractivity contribution >= 4 is 11.0 Å². The Labute approximate surface area is 117 Å². The second-order valence-electron chi connectivity index (χ2n) is 4.89. The number of aliphatic hydroxyl groups excluding tert-OH is 1. The van der Waals surface area contributed by atoms with Crippen molar-refractivity contribution in [2.75, 3.05) is 6.61 Å². The molecule has 0 bridgehead atoms. The van der Waals surface area contributed by atoms with Gasteiger partial charge in [-0.1, -0.05) is 6.07 Å². The van der Waals surface area contributed by atoms with Gasteiger partial charge in [-0.15, -0.1) is 0 Å². The molecule has 1 N–H and O–H groups in total. The van der Waals surface area contributed by atoms with Crippen LogP contribution in [-0.4, -0.2) is 26.2 Å². The Bertz CT molecular complexity index is 719. The first-order valence-electron chi connectivity index (χ1n) is 6.76. The summed E-state index contributed by atoms with van der Waals surface area (Å²) in [7, 11) is 2.02. The fourth-order valence-corrected chi connectivity index (χ4v) is 2.44. The van der Waals surface area contributed by atoms with Gasteiger partial charge in [0, 0.05) is 31.6 Å². The van der Waals surface area contributed by atoms with Gasteiger partial charge in [-0.25, -0.2) is 4.98 Å². The van der Waals surface area contributed by atoms with E-state index in [0.29, 0.717) is 0 Å². The Morgan fingerprint density at radius 3 is 2.90 bits per heavy atom. The fraction of sp³-hybridized carbons (Fsp3) is 0.250. The van der Waals surface area contributed by atoms with Crippen LogP contribution in [0.3, 0.4) is 0 Å². The van der Waals surface area contributed by atoms with Crippen molar-refractivity contribution in [2.24, 2.45) is 7.05 Å². The molecule has 0 radical (unpaired) electrons. The van der Waals surface area contributed by atoms with E-state index >= 15 is 0 Å². The summed E-state index contributed by atoms with van der Waals surface area (Å²) in [5, 5.41) is 8.91. The van der Waals surface area contributed by atoms with Gasteiger partial charge >= 0.3 is 0 Å². The van der Waals surface area contributed by atoms with E-state index in [4.69, 9.17) is 10.1 Å². The predicted molar refractivity (Wildman–Crippen MR) is 79.4 cm³/mol. The lowest BCUT2D eigenvalue weighted by molar-refractivity contribution is 0.288. The van der Waals surface area contributed by atoms with E-state index < -0.39 is 0 Å². The van der Waals surface area contributed by atoms with Crippen LogP contribution in [-0.2, 0) is 13.5 Å². The summed E-state index contributed by atoms with van der Waals surface area (Å²) in [6.45, 7) is 0.223. The van der Waals surface area contributed by atoms with Gasteiger partial charge in [-0.05, 0) is 42.7 Å². The maximum absolute atomic E-state index is 8.91. The molecule has 20 heavy (non-hydrogen) atoms. The Hall–Kier alpha value is -2.20. The number of nitrogens with zero attached hydrogens (tertiary/aromatic N) is 3. The van der Waals surface area contributed by atoms with Crippen LogP contribution >= 0.6 is 0 Å². The van der Waals surface area contributed by atoms with Crippen molar-refractivity contribution in [2.45, 2.75) is 12.8 Å². The van der Waals surface area contributed by atoms with Crippen molar-refractivity contribution in [1.82, 2.24) is 14.5 Å². The molecule has 0 fully saturated rings. The topological polar surface area (TPSA) is 50.9 Å². The molecule has 4 nitrogen and oxygen atoms in total. The van der Waals surface area contributed by atoms with Crippen LogP contribution in [0.1, 0.15) is 12.0 Å². The average molecular weight is 267 g/mol. The first kappa shape index (κ1) is 12.8. The second kappa shape index (κ2) is 5.43. The number of aliphatic hydroxyl groups is 1. The van der Waals surface area contributed by atoms with E-state index in [2.05, 4.69) is 27.8 Å². The summed E-state index contributed by atoms with van der Waals surface area (Å²) in [6, 6.07) is 10.2. The quantitative estimate of drug-likeness (QED) is 0.790. The van der Waals surface area contributed by atoms with Crippen LogP contribution < -0.4 is 0 Å². The maximum atomic E-state index is 8.91. The summed E-state index contributed by atoms with van der Waals surface area (Å²) in [5.74, 6) is 0.924. The molecule has 102 valence electrons. The van der Waals surface area contributed by atoms with Crippen molar-refractivity contribution in [1.29, 1.82) is 0 Å². The second-order valence-corrected chi connectivity index (χ2v) is 4.89. The molecule has 0 saturated heterocycles. The van der Waals surface area contributed by atoms with E-state index in [9.17, 15) is 0 Å². The highest BCUT2D eigenvalue weighted by molar-refractivity contribution is 5.81. The van der Waals surface area contributed by atoms with Crippen molar-refractivity contribution in [3.8, 4) is 11.4 Å². The third kappa shape index (κ3) is 2.30. The van der Waals surface area contributed by atoms with Gasteiger partial charge < -0.3 is 9.67 Å². The molecule has 2 aromatic heterocycles. The van der Waals surface area contributed by atoms with Gasteiger partial charge in [-0.2, -0.15) is 0 Å². The highest BCUT2D eigenvalue weighted by atomic mass is 16.2. The van der Waals surface area contributed by atoms with Gasteiger partial charge in [0.1, 0.15) is 5.82 Å². The minimum absolute atomic E-state index is 0.223. The zero-order valence-corrected chi connectivity index (χ0v) is 11.5. The molecular formula is C16H17N3O. The van der Waals surface area contributed by atoms with Crippen molar-refractivity contribution in [3.63, 3.8) is 0 Å². The smallest absolute Gasteiger partial charge is 0.142 e. The number of pyridine rings is 1. The molecule has 0 saturated carbocycles. The van der Waals surface area contributed by atoms with E-state index in [1.54, 1.807) is 6.20 Å². The summed E-state index contributed by atoms with van der Waals surface area (Å²) in [6.07, 6.45) is 5.26. The SMILES string of the molecule is Cn1c(-c2cccnc2)nc2cc(CCCO)ccc21. The molecule has 0 aliphatic carbocycles. The normalized spacial score (nSPS) is 11.1. The Morgan fingerprint density at radius 1 is 1.25 bits per heavy atom. The Morgan fingerprint density at radius 2 is 2.15 bits per heavy atom. The predicted octanol–water partition coefficient (Wildman–Crippen LogP) is 2.56. The molecule has 0 spiro atoms. The number of fused-ring (bicyclic) bond motifs is 1. The summed E-state index contributed by atoms with van der Waals surface area (Å²) < 4.78 is 2.09. The fourth-order valence-electron chi connectivity index (χ4n) is 2.44. The van der Waals surface area contributed by atoms with E-state index in [1.165, 1.54) is 5.56 Å². The highest BCUT2D eigenvalue weighted by Crippen LogP contribution is 2.24. The number of aromatic nitrogens is 3. The largest absolute Gasteiger partial charge is 0.396 e. The molecular weight excluding hydrogens is 250 g/mol. The zero-order chi connectivity index (χ0) is 13.9. The molecule has 3 aromatic rings. The molecule has 0 unspecified atom stereocenters. The minimum Gasteiger partial charge on any atom is -0.396 e. The van der Waals surface area contributed by atoms with Gasteiger partial charge in [0.05, 0.1) is 11.0 Å². The number of benzene rings is 1. The third-order valence-corrected chi connectivity index (χ3v) is 3.49. The lowest BCUT2D eigenvalue weighted by atomic mass is 10.1. The van der Waals surface area contributed by atoms with Crippen LogP contribution in [0, 0.1) is 0 Å². The molecule has 4 heteroatoms.